The number of hydrogen-bond donors (Lipinski definition) is 0. The Labute approximate surface area is 172 Å². The zero-order valence-corrected chi connectivity index (χ0v) is 17.0. The molecule has 1 amide bonds. The van der Waals surface area contributed by atoms with Crippen LogP contribution in [0.5, 0.6) is 11.5 Å². The lowest BCUT2D eigenvalue weighted by Gasteiger charge is -2.23. The van der Waals surface area contributed by atoms with E-state index in [-0.39, 0.29) is 22.5 Å². The van der Waals surface area contributed by atoms with Gasteiger partial charge in [-0.2, -0.15) is 0 Å². The van der Waals surface area contributed by atoms with Crippen LogP contribution < -0.4 is 20.7 Å². The molecular weight excluding hydrogens is 388 g/mol. The number of ether oxygens (including phenoxy) is 2. The van der Waals surface area contributed by atoms with Gasteiger partial charge in [-0.05, 0) is 30.7 Å². The molecule has 156 valence electrons. The number of amides is 1. The molecule has 2 aromatic heterocycles. The molecule has 30 heavy (non-hydrogen) atoms. The number of fused-ring (bicyclic) bond motifs is 2. The number of pyridine rings is 1. The number of carbonyl (C=O) groups is 1. The third-order valence-electron chi connectivity index (χ3n) is 5.19. The zero-order chi connectivity index (χ0) is 21.4. The van der Waals surface area contributed by atoms with Crippen LogP contribution in [0, 0.1) is 0 Å². The topological polar surface area (TPSA) is 95.7 Å². The summed E-state index contributed by atoms with van der Waals surface area (Å²) in [4.78, 5) is 43.6. The van der Waals surface area contributed by atoms with Crippen LogP contribution in [-0.2, 0) is 20.6 Å². The van der Waals surface area contributed by atoms with Crippen molar-refractivity contribution in [2.45, 2.75) is 13.5 Å². The highest BCUT2D eigenvalue weighted by atomic mass is 16.6. The highest BCUT2D eigenvalue weighted by Crippen LogP contribution is 2.31. The quantitative estimate of drug-likeness (QED) is 0.638. The molecule has 0 aliphatic carbocycles. The first-order valence-electron chi connectivity index (χ1n) is 9.64. The maximum Gasteiger partial charge on any atom is 0.332 e. The van der Waals surface area contributed by atoms with Crippen LogP contribution in [0.2, 0.25) is 0 Å². The predicted molar refractivity (Wildman–Crippen MR) is 110 cm³/mol. The molecular formula is C21H22N4O5. The highest BCUT2D eigenvalue weighted by molar-refractivity contribution is 5.96. The summed E-state index contributed by atoms with van der Waals surface area (Å²) in [6, 6.07) is 7.10. The van der Waals surface area contributed by atoms with E-state index in [0.29, 0.717) is 37.8 Å². The summed E-state index contributed by atoms with van der Waals surface area (Å²) in [6.45, 7) is 3.73. The number of aryl methyl sites for hydroxylation is 1. The number of nitrogens with zero attached hydrogens (tertiary/aromatic N) is 4. The molecule has 0 unspecified atom stereocenters. The van der Waals surface area contributed by atoms with Crippen molar-refractivity contribution in [1.29, 1.82) is 0 Å². The summed E-state index contributed by atoms with van der Waals surface area (Å²) in [5, 5.41) is 0.223. The van der Waals surface area contributed by atoms with Crippen molar-refractivity contribution in [2.75, 3.05) is 19.8 Å². The molecule has 9 heteroatoms. The number of hydrogen-bond acceptors (Lipinski definition) is 6. The van der Waals surface area contributed by atoms with Gasteiger partial charge in [0.2, 0.25) is 0 Å². The summed E-state index contributed by atoms with van der Waals surface area (Å²) in [6.07, 6.45) is 1.40. The lowest BCUT2D eigenvalue weighted by Crippen LogP contribution is -2.37. The molecule has 3 aromatic rings. The molecule has 0 saturated heterocycles. The molecule has 9 nitrogen and oxygen atoms in total. The Morgan fingerprint density at radius 2 is 1.83 bits per heavy atom. The smallest absolute Gasteiger partial charge is 0.332 e. The van der Waals surface area contributed by atoms with Gasteiger partial charge in [0, 0.05) is 33.4 Å². The second-order valence-electron chi connectivity index (χ2n) is 7.10. The summed E-state index contributed by atoms with van der Waals surface area (Å²) >= 11 is 0. The van der Waals surface area contributed by atoms with Gasteiger partial charge in [0.25, 0.3) is 11.5 Å². The van der Waals surface area contributed by atoms with Crippen LogP contribution in [-0.4, -0.2) is 44.7 Å². The van der Waals surface area contributed by atoms with Gasteiger partial charge < -0.3 is 14.4 Å². The Morgan fingerprint density at radius 3 is 2.57 bits per heavy atom. The van der Waals surface area contributed by atoms with E-state index in [1.54, 1.807) is 11.9 Å². The van der Waals surface area contributed by atoms with Gasteiger partial charge >= 0.3 is 5.69 Å². The van der Waals surface area contributed by atoms with Crippen LogP contribution in [0.1, 0.15) is 22.8 Å². The lowest BCUT2D eigenvalue weighted by molar-refractivity contribution is 0.0752. The van der Waals surface area contributed by atoms with E-state index in [2.05, 4.69) is 4.98 Å². The molecule has 1 aromatic carbocycles. The Morgan fingerprint density at radius 1 is 1.10 bits per heavy atom. The summed E-state index contributed by atoms with van der Waals surface area (Å²) < 4.78 is 13.4. The fraction of sp³-hybridized carbons (Fsp3) is 0.333. The Balaban J connectivity index is 1.66. The van der Waals surface area contributed by atoms with Crippen LogP contribution in [0.25, 0.3) is 11.0 Å². The highest BCUT2D eigenvalue weighted by Gasteiger charge is 2.19. The van der Waals surface area contributed by atoms with Crippen molar-refractivity contribution in [3.63, 3.8) is 0 Å². The molecule has 4 rings (SSSR count). The Kier molecular flexibility index (Phi) is 5.03. The molecule has 0 N–H and O–H groups in total. The molecule has 3 heterocycles. The average molecular weight is 410 g/mol. The van der Waals surface area contributed by atoms with Gasteiger partial charge in [0.15, 0.2) is 11.5 Å². The van der Waals surface area contributed by atoms with Crippen molar-refractivity contribution in [3.05, 3.63) is 62.4 Å². The fourth-order valence-corrected chi connectivity index (χ4v) is 3.50. The number of rotatable bonds is 4. The van der Waals surface area contributed by atoms with Crippen LogP contribution in [0.4, 0.5) is 0 Å². The van der Waals surface area contributed by atoms with E-state index in [1.165, 1.54) is 23.9 Å². The van der Waals surface area contributed by atoms with Crippen molar-refractivity contribution in [3.8, 4) is 11.5 Å². The average Bonchev–Trinajstić information content (AvgIpc) is 2.78. The maximum atomic E-state index is 13.1. The van der Waals surface area contributed by atoms with Crippen molar-refractivity contribution >= 4 is 16.9 Å². The second-order valence-corrected chi connectivity index (χ2v) is 7.10. The number of aromatic nitrogens is 3. The van der Waals surface area contributed by atoms with Crippen molar-refractivity contribution in [1.82, 2.24) is 19.0 Å². The van der Waals surface area contributed by atoms with Gasteiger partial charge in [0.05, 0.1) is 10.9 Å². The molecule has 0 spiro atoms. The summed E-state index contributed by atoms with van der Waals surface area (Å²) in [7, 11) is 2.94. The van der Waals surface area contributed by atoms with E-state index in [0.717, 1.165) is 10.1 Å². The zero-order valence-electron chi connectivity index (χ0n) is 17.0. The normalized spacial score (nSPS) is 12.8. The van der Waals surface area contributed by atoms with Crippen molar-refractivity contribution in [2.24, 2.45) is 14.1 Å². The summed E-state index contributed by atoms with van der Waals surface area (Å²) in [5.74, 6) is 1.11. The number of carbonyl (C=O) groups excluding carboxylic acids is 1. The van der Waals surface area contributed by atoms with Crippen molar-refractivity contribution < 1.29 is 14.3 Å². The third kappa shape index (κ3) is 3.32. The predicted octanol–water partition coefficient (Wildman–Crippen LogP) is 1.07. The third-order valence-corrected chi connectivity index (χ3v) is 5.19. The first-order chi connectivity index (χ1) is 14.4. The van der Waals surface area contributed by atoms with E-state index >= 15 is 0 Å². The Bertz CT molecular complexity index is 1260. The first kappa shape index (κ1) is 19.7. The van der Waals surface area contributed by atoms with E-state index in [9.17, 15) is 14.4 Å². The fourth-order valence-electron chi connectivity index (χ4n) is 3.50. The SMILES string of the molecule is CCN(Cc1ccc2c(c1)OCCO2)C(=O)c1cnc2c(c1)c(=O)n(C)c(=O)n2C. The minimum Gasteiger partial charge on any atom is -0.486 e. The minimum atomic E-state index is -0.481. The second kappa shape index (κ2) is 7.66. The minimum absolute atomic E-state index is 0.223. The van der Waals surface area contributed by atoms with Crippen LogP contribution >= 0.6 is 0 Å². The largest absolute Gasteiger partial charge is 0.486 e. The molecule has 0 saturated carbocycles. The monoisotopic (exact) mass is 410 g/mol. The van der Waals surface area contributed by atoms with E-state index in [1.807, 2.05) is 25.1 Å². The van der Waals surface area contributed by atoms with Gasteiger partial charge in [0.1, 0.15) is 18.9 Å². The Hall–Kier alpha value is -3.62. The van der Waals surface area contributed by atoms with Gasteiger partial charge in [-0.1, -0.05) is 6.07 Å². The molecule has 0 fully saturated rings. The molecule has 0 bridgehead atoms. The van der Waals surface area contributed by atoms with Crippen LogP contribution in [0.15, 0.2) is 40.1 Å². The van der Waals surface area contributed by atoms with Crippen LogP contribution in [0.3, 0.4) is 0 Å². The molecule has 0 atom stereocenters. The van der Waals surface area contributed by atoms with Gasteiger partial charge in [-0.3, -0.25) is 18.7 Å². The van der Waals surface area contributed by atoms with Gasteiger partial charge in [-0.25, -0.2) is 9.78 Å². The molecule has 1 aliphatic rings. The number of benzene rings is 1. The van der Waals surface area contributed by atoms with Gasteiger partial charge in [-0.15, -0.1) is 0 Å². The standard InChI is InChI=1S/C21H22N4O5/c1-4-25(12-13-5-6-16-17(9-13)30-8-7-29-16)19(26)14-10-15-18(22-11-14)23(2)21(28)24(3)20(15)27/h5-6,9-11H,4,7-8,12H2,1-3H3. The van der Waals surface area contributed by atoms with E-state index in [4.69, 9.17) is 9.47 Å². The molecule has 1 aliphatic heterocycles. The maximum absolute atomic E-state index is 13.1. The molecule has 0 radical (unpaired) electrons. The lowest BCUT2D eigenvalue weighted by atomic mass is 10.1. The summed E-state index contributed by atoms with van der Waals surface area (Å²) in [5.41, 5.74) is 0.492. The first-order valence-corrected chi connectivity index (χ1v) is 9.64. The van der Waals surface area contributed by atoms with E-state index < -0.39 is 11.2 Å².